The summed E-state index contributed by atoms with van der Waals surface area (Å²) in [6, 6.07) is 11.5. The first kappa shape index (κ1) is 30.9. The number of hydrogen-bond acceptors (Lipinski definition) is 12. The van der Waals surface area contributed by atoms with Crippen LogP contribution >= 0.6 is 23.1 Å². The quantitative estimate of drug-likeness (QED) is 0.299. The van der Waals surface area contributed by atoms with E-state index in [0.29, 0.717) is 62.8 Å². The molecule has 1 amide bonds. The number of ether oxygens (including phenoxy) is 3. The second-order valence-electron chi connectivity index (χ2n) is 10.2. The predicted molar refractivity (Wildman–Crippen MR) is 169 cm³/mol. The lowest BCUT2D eigenvalue weighted by atomic mass is 9.75. The Labute approximate surface area is 263 Å². The van der Waals surface area contributed by atoms with Gasteiger partial charge in [0.1, 0.15) is 5.82 Å². The number of Topliss-reactive ketones (excluding diaryl/α,β-unsaturated/α-hetero) is 1. The summed E-state index contributed by atoms with van der Waals surface area (Å²) >= 11 is 2.48. The number of thioether (sulfide) groups is 1. The highest BCUT2D eigenvalue weighted by Crippen LogP contribution is 2.52. The summed E-state index contributed by atoms with van der Waals surface area (Å²) < 4.78 is 17.3. The molecule has 13 heteroatoms. The van der Waals surface area contributed by atoms with Gasteiger partial charge in [0, 0.05) is 28.9 Å². The van der Waals surface area contributed by atoms with Gasteiger partial charge in [-0.15, -0.1) is 10.2 Å². The number of rotatable bonds is 9. The fourth-order valence-corrected chi connectivity index (χ4v) is 7.14. The van der Waals surface area contributed by atoms with Crippen molar-refractivity contribution in [1.29, 1.82) is 5.26 Å². The first-order chi connectivity index (χ1) is 21.2. The molecule has 228 valence electrons. The van der Waals surface area contributed by atoms with E-state index in [1.54, 1.807) is 17.0 Å². The van der Waals surface area contributed by atoms with Crippen LogP contribution in [0.15, 0.2) is 57.3 Å². The van der Waals surface area contributed by atoms with E-state index in [9.17, 15) is 14.9 Å². The van der Waals surface area contributed by atoms with E-state index >= 15 is 0 Å². The summed E-state index contributed by atoms with van der Waals surface area (Å²) in [5.41, 5.74) is 11.6. The van der Waals surface area contributed by atoms with Crippen LogP contribution < -0.4 is 30.2 Å². The molecule has 1 aliphatic heterocycles. The van der Waals surface area contributed by atoms with E-state index in [1.165, 1.54) is 44.4 Å². The van der Waals surface area contributed by atoms with Crippen molar-refractivity contribution in [2.75, 3.05) is 37.3 Å². The molecule has 44 heavy (non-hydrogen) atoms. The van der Waals surface area contributed by atoms with Gasteiger partial charge in [0.25, 0.3) is 0 Å². The Bertz CT molecular complexity index is 1740. The summed E-state index contributed by atoms with van der Waals surface area (Å²) in [6.07, 6.45) is 1.51. The molecule has 0 saturated carbocycles. The molecule has 5 rings (SSSR count). The van der Waals surface area contributed by atoms with Gasteiger partial charge in [0.15, 0.2) is 21.6 Å². The third kappa shape index (κ3) is 5.70. The third-order valence-corrected chi connectivity index (χ3v) is 9.71. The molecule has 2 heterocycles. The lowest BCUT2D eigenvalue weighted by Gasteiger charge is -2.38. The number of benzene rings is 2. The highest BCUT2D eigenvalue weighted by atomic mass is 32.2. The van der Waals surface area contributed by atoms with E-state index in [4.69, 9.17) is 19.9 Å². The molecule has 2 aromatic carbocycles. The molecule has 0 spiro atoms. The van der Waals surface area contributed by atoms with Crippen LogP contribution in [0.4, 0.5) is 10.8 Å². The van der Waals surface area contributed by atoms with Crippen LogP contribution in [0.5, 0.6) is 17.2 Å². The number of nitrogens with two attached hydrogens (primary N) is 1. The molecule has 1 aromatic heterocycles. The summed E-state index contributed by atoms with van der Waals surface area (Å²) in [4.78, 5) is 27.9. The average Bonchev–Trinajstić information content (AvgIpc) is 3.49. The molecule has 2 aliphatic rings. The number of methoxy groups -OCH3 is 3. The van der Waals surface area contributed by atoms with Crippen molar-refractivity contribution >= 4 is 45.6 Å². The SMILES string of the molecule is COc1ccc(C2C(C#N)=C(N)N(c3nnc(SCC(=O)Nc4ccc(C)c(C)c4)s3)C3=C2C(=O)CCC3)c(OC)c1OC. The van der Waals surface area contributed by atoms with Gasteiger partial charge in [-0.2, -0.15) is 5.26 Å². The average molecular weight is 633 g/mol. The smallest absolute Gasteiger partial charge is 0.234 e. The number of nitrogens with one attached hydrogen (secondary N) is 1. The highest BCUT2D eigenvalue weighted by Gasteiger charge is 2.43. The minimum Gasteiger partial charge on any atom is -0.493 e. The van der Waals surface area contributed by atoms with Crippen LogP contribution in [0.2, 0.25) is 0 Å². The van der Waals surface area contributed by atoms with E-state index < -0.39 is 5.92 Å². The number of allylic oxidation sites excluding steroid dienone is 3. The lowest BCUT2D eigenvalue weighted by Crippen LogP contribution is -2.38. The molecule has 1 aliphatic carbocycles. The summed E-state index contributed by atoms with van der Waals surface area (Å²) in [5.74, 6) is 0.408. The first-order valence-electron chi connectivity index (χ1n) is 13.8. The minimum atomic E-state index is -0.773. The Kier molecular flexibility index (Phi) is 9.12. The summed E-state index contributed by atoms with van der Waals surface area (Å²) in [5, 5.41) is 22.3. The predicted octanol–water partition coefficient (Wildman–Crippen LogP) is 5.22. The van der Waals surface area contributed by atoms with Crippen LogP contribution in [-0.2, 0) is 9.59 Å². The largest absolute Gasteiger partial charge is 0.493 e. The number of amides is 1. The topological polar surface area (TPSA) is 153 Å². The number of ketones is 1. The number of carbonyl (C=O) groups is 2. The lowest BCUT2D eigenvalue weighted by molar-refractivity contribution is -0.116. The van der Waals surface area contributed by atoms with Crippen molar-refractivity contribution in [1.82, 2.24) is 10.2 Å². The minimum absolute atomic E-state index is 0.0829. The maximum absolute atomic E-state index is 13.6. The van der Waals surface area contributed by atoms with Gasteiger partial charge in [-0.05, 0) is 56.0 Å². The fraction of sp³-hybridized carbons (Fsp3) is 0.323. The molecular weight excluding hydrogens is 601 g/mol. The van der Waals surface area contributed by atoms with Gasteiger partial charge in [0.05, 0.1) is 44.6 Å². The zero-order valence-electron chi connectivity index (χ0n) is 25.0. The number of aromatic nitrogens is 2. The van der Waals surface area contributed by atoms with Crippen molar-refractivity contribution in [3.63, 3.8) is 0 Å². The van der Waals surface area contributed by atoms with Crippen molar-refractivity contribution in [2.24, 2.45) is 5.73 Å². The van der Waals surface area contributed by atoms with Gasteiger partial charge in [0.2, 0.25) is 16.8 Å². The zero-order valence-corrected chi connectivity index (χ0v) is 26.6. The Balaban J connectivity index is 1.47. The van der Waals surface area contributed by atoms with E-state index in [1.807, 2.05) is 32.0 Å². The van der Waals surface area contributed by atoms with Crippen LogP contribution in [0.25, 0.3) is 0 Å². The Morgan fingerprint density at radius 1 is 1.11 bits per heavy atom. The van der Waals surface area contributed by atoms with Gasteiger partial charge >= 0.3 is 0 Å². The van der Waals surface area contributed by atoms with Crippen LogP contribution in [-0.4, -0.2) is 49.0 Å². The maximum Gasteiger partial charge on any atom is 0.234 e. The van der Waals surface area contributed by atoms with Crippen molar-refractivity contribution in [3.05, 3.63) is 69.7 Å². The normalized spacial score (nSPS) is 16.4. The number of anilines is 2. The second-order valence-corrected chi connectivity index (χ2v) is 12.4. The highest BCUT2D eigenvalue weighted by molar-refractivity contribution is 8.01. The Hall–Kier alpha value is -4.54. The van der Waals surface area contributed by atoms with Crippen molar-refractivity contribution < 1.29 is 23.8 Å². The van der Waals surface area contributed by atoms with Gasteiger partial charge in [-0.1, -0.05) is 35.2 Å². The van der Waals surface area contributed by atoms with Gasteiger partial charge < -0.3 is 25.3 Å². The standard InChI is InChI=1S/C31H32N6O5S2/c1-16-9-10-18(13-17(16)2)34-24(39)15-43-31-36-35-30(44-31)37-21-7-6-8-22(38)26(21)25(20(14-32)29(37)33)19-11-12-23(40-3)28(42-5)27(19)41-4/h9-13,25H,6-8,15,33H2,1-5H3,(H,34,39). The molecular formula is C31H32N6O5S2. The molecule has 1 atom stereocenters. The van der Waals surface area contributed by atoms with Crippen molar-refractivity contribution in [2.45, 2.75) is 43.4 Å². The molecule has 1 unspecified atom stereocenters. The van der Waals surface area contributed by atoms with Crippen LogP contribution in [0.3, 0.4) is 0 Å². The van der Waals surface area contributed by atoms with Crippen molar-refractivity contribution in [3.8, 4) is 23.3 Å². The third-order valence-electron chi connectivity index (χ3n) is 7.66. The van der Waals surface area contributed by atoms with Crippen LogP contribution in [0.1, 0.15) is 41.9 Å². The Morgan fingerprint density at radius 2 is 1.89 bits per heavy atom. The zero-order chi connectivity index (χ0) is 31.5. The first-order valence-corrected chi connectivity index (χ1v) is 15.6. The molecule has 3 N–H and O–H groups in total. The molecule has 0 radical (unpaired) electrons. The van der Waals surface area contributed by atoms with E-state index in [-0.39, 0.29) is 28.8 Å². The van der Waals surface area contributed by atoms with E-state index in [0.717, 1.165) is 16.8 Å². The number of carbonyl (C=O) groups excluding carboxylic acids is 2. The van der Waals surface area contributed by atoms with Gasteiger partial charge in [-0.3, -0.25) is 14.5 Å². The maximum atomic E-state index is 13.6. The van der Waals surface area contributed by atoms with Gasteiger partial charge in [-0.25, -0.2) is 0 Å². The number of hydrogen-bond donors (Lipinski definition) is 2. The molecule has 3 aromatic rings. The fourth-order valence-electron chi connectivity index (χ4n) is 5.46. The summed E-state index contributed by atoms with van der Waals surface area (Å²) in [7, 11) is 4.51. The second kappa shape index (κ2) is 13.0. The van der Waals surface area contributed by atoms with Crippen LogP contribution in [0, 0.1) is 25.2 Å². The number of nitriles is 1. The number of nitrogens with zero attached hydrogens (tertiary/aromatic N) is 4. The Morgan fingerprint density at radius 3 is 2.57 bits per heavy atom. The van der Waals surface area contributed by atoms with E-state index in [2.05, 4.69) is 21.6 Å². The molecule has 0 bridgehead atoms. The molecule has 11 nitrogen and oxygen atoms in total. The molecule has 0 saturated heterocycles. The number of aryl methyl sites for hydroxylation is 2. The molecule has 0 fully saturated rings. The monoisotopic (exact) mass is 632 g/mol. The summed E-state index contributed by atoms with van der Waals surface area (Å²) in [6.45, 7) is 4.01.